The molecule has 0 aliphatic heterocycles. The zero-order valence-electron chi connectivity index (χ0n) is 11.6. The van der Waals surface area contributed by atoms with Gasteiger partial charge in [-0.1, -0.05) is 6.92 Å². The van der Waals surface area contributed by atoms with Crippen LogP contribution in [0.2, 0.25) is 0 Å². The zero-order chi connectivity index (χ0) is 17.8. The Kier molecular flexibility index (Phi) is 5.29. The van der Waals surface area contributed by atoms with E-state index in [0.29, 0.717) is 6.42 Å². The molecular weight excluding hydrogens is 323 g/mol. The first-order valence-corrected chi connectivity index (χ1v) is 6.11. The lowest BCUT2D eigenvalue weighted by Gasteiger charge is -2.15. The van der Waals surface area contributed by atoms with Crippen LogP contribution in [-0.2, 0) is 6.18 Å². The van der Waals surface area contributed by atoms with Crippen LogP contribution < -0.4 is 10.6 Å². The van der Waals surface area contributed by atoms with Gasteiger partial charge in [-0.25, -0.2) is 0 Å². The molecule has 0 atom stereocenters. The fourth-order valence-corrected chi connectivity index (χ4v) is 1.81. The van der Waals surface area contributed by atoms with Gasteiger partial charge in [0, 0.05) is 12.6 Å². The van der Waals surface area contributed by atoms with Gasteiger partial charge in [0.15, 0.2) is 11.9 Å². The van der Waals surface area contributed by atoms with Gasteiger partial charge in [-0.2, -0.15) is 18.4 Å². The zero-order valence-corrected chi connectivity index (χ0v) is 11.6. The van der Waals surface area contributed by atoms with E-state index in [9.17, 15) is 33.4 Å². The minimum Gasteiger partial charge on any atom is -0.374 e. The Morgan fingerprint density at radius 2 is 1.87 bits per heavy atom. The van der Waals surface area contributed by atoms with Crippen LogP contribution in [0, 0.1) is 31.7 Å². The van der Waals surface area contributed by atoms with Crippen LogP contribution in [0.25, 0.3) is 0 Å². The summed E-state index contributed by atoms with van der Waals surface area (Å²) in [6.07, 6.45) is -3.54. The predicted octanol–water partition coefficient (Wildman–Crippen LogP) is 3.24. The molecule has 0 aromatic heterocycles. The first-order valence-electron chi connectivity index (χ1n) is 6.11. The quantitative estimate of drug-likeness (QED) is 0.353. The van der Waals surface area contributed by atoms with Crippen LogP contribution in [0.5, 0.6) is 0 Å². The molecule has 0 radical (unpaired) electrons. The molecule has 124 valence electrons. The number of halogens is 3. The van der Waals surface area contributed by atoms with Crippen LogP contribution in [0.1, 0.15) is 18.9 Å². The molecule has 0 heterocycles. The topological polar surface area (TPSA) is 134 Å². The number of alkyl halides is 3. The molecule has 0 saturated carbocycles. The Morgan fingerprint density at radius 3 is 2.26 bits per heavy atom. The maximum Gasteiger partial charge on any atom is 0.418 e. The van der Waals surface area contributed by atoms with Gasteiger partial charge < -0.3 is 5.32 Å². The van der Waals surface area contributed by atoms with Crippen molar-refractivity contribution in [3.63, 3.8) is 0 Å². The number of hydrogen-bond acceptors (Lipinski definition) is 7. The maximum atomic E-state index is 13.0. The van der Waals surface area contributed by atoms with Gasteiger partial charge in [-0.05, 0) is 6.42 Å². The Labute approximate surface area is 127 Å². The van der Waals surface area contributed by atoms with Gasteiger partial charge in [0.1, 0.15) is 5.69 Å². The van der Waals surface area contributed by atoms with Crippen LogP contribution in [-0.4, -0.2) is 16.4 Å². The van der Waals surface area contributed by atoms with Crippen LogP contribution in [0.3, 0.4) is 0 Å². The minimum absolute atomic E-state index is 0.0546. The summed E-state index contributed by atoms with van der Waals surface area (Å²) in [4.78, 5) is 19.8. The first kappa shape index (κ1) is 18.0. The van der Waals surface area contributed by atoms with E-state index in [0.717, 1.165) is 0 Å². The Bertz CT molecular complexity index is 684. The number of nitro groups is 2. The highest BCUT2D eigenvalue weighted by molar-refractivity contribution is 5.87. The van der Waals surface area contributed by atoms with Crippen molar-refractivity contribution in [1.29, 1.82) is 5.26 Å². The SMILES string of the molecule is CCCNc1c([N+](=O)[O-])cc(C(F)(F)F)c(NC#N)c1[N+](=O)[O-]. The molecule has 2 N–H and O–H groups in total. The third kappa shape index (κ3) is 3.76. The molecule has 12 heteroatoms. The number of benzene rings is 1. The van der Waals surface area contributed by atoms with Gasteiger partial charge in [-0.15, -0.1) is 0 Å². The largest absolute Gasteiger partial charge is 0.418 e. The highest BCUT2D eigenvalue weighted by Crippen LogP contribution is 2.48. The fraction of sp³-hybridized carbons (Fsp3) is 0.364. The smallest absolute Gasteiger partial charge is 0.374 e. The second kappa shape index (κ2) is 6.77. The van der Waals surface area contributed by atoms with E-state index >= 15 is 0 Å². The Hall–Kier alpha value is -3.10. The minimum atomic E-state index is -5.13. The van der Waals surface area contributed by atoms with Gasteiger partial charge in [0.05, 0.1) is 15.4 Å². The lowest BCUT2D eigenvalue weighted by Crippen LogP contribution is -2.15. The second-order valence-electron chi connectivity index (χ2n) is 4.22. The van der Waals surface area contributed by atoms with Crippen molar-refractivity contribution in [3.05, 3.63) is 31.9 Å². The number of nitrogens with one attached hydrogen (secondary N) is 2. The second-order valence-corrected chi connectivity index (χ2v) is 4.22. The highest BCUT2D eigenvalue weighted by atomic mass is 19.4. The molecule has 0 spiro atoms. The Balaban J connectivity index is 3.87. The average molecular weight is 333 g/mol. The molecule has 1 aromatic rings. The van der Waals surface area contributed by atoms with E-state index < -0.39 is 44.3 Å². The van der Waals surface area contributed by atoms with Gasteiger partial charge in [0.2, 0.25) is 0 Å². The number of nitrogens with zero attached hydrogens (tertiary/aromatic N) is 3. The monoisotopic (exact) mass is 333 g/mol. The van der Waals surface area contributed by atoms with Crippen LogP contribution >= 0.6 is 0 Å². The summed E-state index contributed by atoms with van der Waals surface area (Å²) in [5.74, 6) is 0. The lowest BCUT2D eigenvalue weighted by molar-refractivity contribution is -0.392. The van der Waals surface area contributed by atoms with Crippen molar-refractivity contribution in [1.82, 2.24) is 0 Å². The molecule has 0 unspecified atom stereocenters. The van der Waals surface area contributed by atoms with Crippen molar-refractivity contribution < 1.29 is 23.0 Å². The fourth-order valence-electron chi connectivity index (χ4n) is 1.81. The summed E-state index contributed by atoms with van der Waals surface area (Å²) >= 11 is 0. The molecule has 0 aliphatic carbocycles. The van der Waals surface area contributed by atoms with E-state index in [4.69, 9.17) is 5.26 Å². The summed E-state index contributed by atoms with van der Waals surface area (Å²) in [6, 6.07) is 0.157. The number of hydrogen-bond donors (Lipinski definition) is 2. The first-order chi connectivity index (χ1) is 10.6. The summed E-state index contributed by atoms with van der Waals surface area (Å²) < 4.78 is 39.1. The molecular formula is C11H10F3N5O4. The molecule has 23 heavy (non-hydrogen) atoms. The molecule has 9 nitrogen and oxygen atoms in total. The van der Waals surface area contributed by atoms with Crippen molar-refractivity contribution in [2.24, 2.45) is 0 Å². The molecule has 0 amide bonds. The van der Waals surface area contributed by atoms with E-state index in [1.165, 1.54) is 6.19 Å². The summed E-state index contributed by atoms with van der Waals surface area (Å²) in [5.41, 5.74) is -5.80. The van der Waals surface area contributed by atoms with Crippen molar-refractivity contribution in [2.75, 3.05) is 17.2 Å². The molecule has 1 aromatic carbocycles. The number of anilines is 2. The number of nitro benzene ring substituents is 2. The van der Waals surface area contributed by atoms with Gasteiger partial charge in [0.25, 0.3) is 5.69 Å². The van der Waals surface area contributed by atoms with Crippen molar-refractivity contribution >= 4 is 22.7 Å². The molecule has 0 aliphatic rings. The molecule has 0 fully saturated rings. The predicted molar refractivity (Wildman–Crippen MR) is 72.8 cm³/mol. The third-order valence-electron chi connectivity index (χ3n) is 2.70. The number of nitriles is 1. The van der Waals surface area contributed by atoms with Crippen molar-refractivity contribution in [3.8, 4) is 6.19 Å². The van der Waals surface area contributed by atoms with Gasteiger partial charge >= 0.3 is 11.9 Å². The van der Waals surface area contributed by atoms with E-state index in [1.54, 1.807) is 12.2 Å². The normalized spacial score (nSPS) is 10.7. The van der Waals surface area contributed by atoms with E-state index in [2.05, 4.69) is 5.32 Å². The summed E-state index contributed by atoms with van der Waals surface area (Å²) in [7, 11) is 0. The van der Waals surface area contributed by atoms with E-state index in [1.807, 2.05) is 0 Å². The van der Waals surface area contributed by atoms with Gasteiger partial charge in [-0.3, -0.25) is 25.5 Å². The molecule has 0 bridgehead atoms. The number of rotatable bonds is 6. The van der Waals surface area contributed by atoms with Crippen LogP contribution in [0.4, 0.5) is 35.9 Å². The standard InChI is InChI=1S/C11H10F3N5O4/c1-2-3-16-9-7(18(20)21)4-6(11(12,13)14)8(17-5-15)10(9)19(22)23/h4,16-17H,2-3H2,1H3. The maximum absolute atomic E-state index is 13.0. The van der Waals surface area contributed by atoms with Crippen LogP contribution in [0.15, 0.2) is 6.07 Å². The average Bonchev–Trinajstić information content (AvgIpc) is 2.42. The highest BCUT2D eigenvalue weighted by Gasteiger charge is 2.42. The lowest BCUT2D eigenvalue weighted by atomic mass is 10.1. The van der Waals surface area contributed by atoms with E-state index in [-0.39, 0.29) is 12.6 Å². The van der Waals surface area contributed by atoms with Crippen molar-refractivity contribution in [2.45, 2.75) is 19.5 Å². The summed E-state index contributed by atoms with van der Waals surface area (Å²) in [5, 5.41) is 34.7. The molecule has 0 saturated heterocycles. The summed E-state index contributed by atoms with van der Waals surface area (Å²) in [6.45, 7) is 1.71. The Morgan fingerprint density at radius 1 is 1.26 bits per heavy atom. The third-order valence-corrected chi connectivity index (χ3v) is 2.70. The molecule has 1 rings (SSSR count).